The van der Waals surface area contributed by atoms with Crippen LogP contribution < -0.4 is 10.5 Å². The Balaban J connectivity index is 2.66. The molecule has 0 saturated heterocycles. The van der Waals surface area contributed by atoms with Crippen LogP contribution in [-0.4, -0.2) is 27.4 Å². The highest BCUT2D eigenvalue weighted by atomic mass is 16.5. The van der Waals surface area contributed by atoms with Crippen molar-refractivity contribution in [1.29, 1.82) is 0 Å². The molecule has 1 rings (SSSR count). The standard InChI is InChI=1S/C14H23NO2/c1-11(10-16-2)13(9-15)7-12-5-4-6-14(8-12)17-3/h4-6,8,11,13H,7,9-10,15H2,1-3H3. The fraction of sp³-hybridized carbons (Fsp3) is 0.571. The van der Waals surface area contributed by atoms with Crippen LogP contribution in [0.4, 0.5) is 0 Å². The fourth-order valence-electron chi connectivity index (χ4n) is 2.02. The molecule has 0 spiro atoms. The van der Waals surface area contributed by atoms with Crippen LogP contribution >= 0.6 is 0 Å². The molecule has 0 fully saturated rings. The molecule has 3 nitrogen and oxygen atoms in total. The number of hydrogen-bond donors (Lipinski definition) is 1. The minimum atomic E-state index is 0.446. The van der Waals surface area contributed by atoms with Crippen molar-refractivity contribution in [3.05, 3.63) is 29.8 Å². The van der Waals surface area contributed by atoms with E-state index in [-0.39, 0.29) is 0 Å². The predicted molar refractivity (Wildman–Crippen MR) is 70.3 cm³/mol. The summed E-state index contributed by atoms with van der Waals surface area (Å²) in [6, 6.07) is 8.16. The third-order valence-corrected chi connectivity index (χ3v) is 3.17. The zero-order valence-corrected chi connectivity index (χ0v) is 11.0. The fourth-order valence-corrected chi connectivity index (χ4v) is 2.02. The summed E-state index contributed by atoms with van der Waals surface area (Å²) in [5.41, 5.74) is 7.10. The van der Waals surface area contributed by atoms with Gasteiger partial charge in [-0.05, 0) is 42.5 Å². The molecule has 0 aliphatic heterocycles. The van der Waals surface area contributed by atoms with E-state index in [1.54, 1.807) is 14.2 Å². The van der Waals surface area contributed by atoms with Crippen molar-refractivity contribution in [3.8, 4) is 5.75 Å². The number of methoxy groups -OCH3 is 2. The molecule has 3 heteroatoms. The Bertz CT molecular complexity index is 328. The molecule has 0 heterocycles. The van der Waals surface area contributed by atoms with Gasteiger partial charge in [0.15, 0.2) is 0 Å². The molecule has 0 amide bonds. The van der Waals surface area contributed by atoms with E-state index in [2.05, 4.69) is 19.1 Å². The van der Waals surface area contributed by atoms with E-state index in [9.17, 15) is 0 Å². The Morgan fingerprint density at radius 1 is 1.29 bits per heavy atom. The third kappa shape index (κ3) is 4.36. The van der Waals surface area contributed by atoms with Crippen LogP contribution in [0.1, 0.15) is 12.5 Å². The summed E-state index contributed by atoms with van der Waals surface area (Å²) in [5.74, 6) is 1.82. The van der Waals surface area contributed by atoms with E-state index < -0.39 is 0 Å². The van der Waals surface area contributed by atoms with Gasteiger partial charge in [-0.3, -0.25) is 0 Å². The lowest BCUT2D eigenvalue weighted by atomic mass is 9.88. The summed E-state index contributed by atoms with van der Waals surface area (Å²) in [5, 5.41) is 0. The third-order valence-electron chi connectivity index (χ3n) is 3.17. The van der Waals surface area contributed by atoms with Gasteiger partial charge in [0, 0.05) is 13.7 Å². The van der Waals surface area contributed by atoms with Gasteiger partial charge in [0.1, 0.15) is 5.75 Å². The summed E-state index contributed by atoms with van der Waals surface area (Å²) in [4.78, 5) is 0. The van der Waals surface area contributed by atoms with Gasteiger partial charge in [-0.1, -0.05) is 19.1 Å². The summed E-state index contributed by atoms with van der Waals surface area (Å²) in [7, 11) is 3.42. The average molecular weight is 237 g/mol. The molecule has 2 atom stereocenters. The molecular weight excluding hydrogens is 214 g/mol. The number of hydrogen-bond acceptors (Lipinski definition) is 3. The Hall–Kier alpha value is -1.06. The SMILES string of the molecule is COCC(C)C(CN)Cc1cccc(OC)c1. The van der Waals surface area contributed by atoms with Crippen LogP contribution in [0.3, 0.4) is 0 Å². The topological polar surface area (TPSA) is 44.5 Å². The molecule has 2 N–H and O–H groups in total. The van der Waals surface area contributed by atoms with Gasteiger partial charge in [-0.15, -0.1) is 0 Å². The van der Waals surface area contributed by atoms with Crippen molar-refractivity contribution in [1.82, 2.24) is 0 Å². The van der Waals surface area contributed by atoms with Crippen LogP contribution in [0.5, 0.6) is 5.75 Å². The van der Waals surface area contributed by atoms with E-state index in [4.69, 9.17) is 15.2 Å². The highest BCUT2D eigenvalue weighted by Crippen LogP contribution is 2.20. The molecule has 2 unspecified atom stereocenters. The molecule has 0 aliphatic carbocycles. The Labute approximate surface area is 104 Å². The second-order valence-corrected chi connectivity index (χ2v) is 4.48. The smallest absolute Gasteiger partial charge is 0.119 e. The Morgan fingerprint density at radius 2 is 2.06 bits per heavy atom. The summed E-state index contributed by atoms with van der Waals surface area (Å²) >= 11 is 0. The minimum absolute atomic E-state index is 0.446. The van der Waals surface area contributed by atoms with E-state index in [1.807, 2.05) is 12.1 Å². The monoisotopic (exact) mass is 237 g/mol. The van der Waals surface area contributed by atoms with Crippen molar-refractivity contribution >= 4 is 0 Å². The zero-order valence-electron chi connectivity index (χ0n) is 11.0. The summed E-state index contributed by atoms with van der Waals surface area (Å²) in [6.07, 6.45) is 0.970. The van der Waals surface area contributed by atoms with Crippen molar-refractivity contribution in [2.24, 2.45) is 17.6 Å². The molecule has 0 bridgehead atoms. The van der Waals surface area contributed by atoms with Crippen molar-refractivity contribution in [2.75, 3.05) is 27.4 Å². The highest BCUT2D eigenvalue weighted by Gasteiger charge is 2.16. The number of rotatable bonds is 7. The summed E-state index contributed by atoms with van der Waals surface area (Å²) in [6.45, 7) is 3.62. The lowest BCUT2D eigenvalue weighted by Gasteiger charge is -2.22. The van der Waals surface area contributed by atoms with Crippen LogP contribution in [0.25, 0.3) is 0 Å². The zero-order chi connectivity index (χ0) is 12.7. The Morgan fingerprint density at radius 3 is 2.65 bits per heavy atom. The second-order valence-electron chi connectivity index (χ2n) is 4.48. The van der Waals surface area contributed by atoms with Gasteiger partial charge in [0.2, 0.25) is 0 Å². The van der Waals surface area contributed by atoms with Crippen LogP contribution in [-0.2, 0) is 11.2 Å². The van der Waals surface area contributed by atoms with Crippen LogP contribution in [0.2, 0.25) is 0 Å². The van der Waals surface area contributed by atoms with Gasteiger partial charge >= 0.3 is 0 Å². The molecular formula is C14H23NO2. The maximum Gasteiger partial charge on any atom is 0.119 e. The highest BCUT2D eigenvalue weighted by molar-refractivity contribution is 5.28. The van der Waals surface area contributed by atoms with Crippen molar-refractivity contribution < 1.29 is 9.47 Å². The van der Waals surface area contributed by atoms with Gasteiger partial charge in [-0.2, -0.15) is 0 Å². The van der Waals surface area contributed by atoms with Gasteiger partial charge in [0.25, 0.3) is 0 Å². The summed E-state index contributed by atoms with van der Waals surface area (Å²) < 4.78 is 10.4. The Kier molecular flexibility index (Phi) is 6.01. The van der Waals surface area contributed by atoms with Crippen LogP contribution in [0.15, 0.2) is 24.3 Å². The average Bonchev–Trinajstić information content (AvgIpc) is 2.36. The molecule has 0 saturated carbocycles. The number of ether oxygens (including phenoxy) is 2. The van der Waals surface area contributed by atoms with Gasteiger partial charge in [-0.25, -0.2) is 0 Å². The molecule has 1 aromatic rings. The maximum atomic E-state index is 5.84. The van der Waals surface area contributed by atoms with E-state index in [1.165, 1.54) is 5.56 Å². The van der Waals surface area contributed by atoms with Crippen LogP contribution in [0, 0.1) is 11.8 Å². The van der Waals surface area contributed by atoms with Gasteiger partial charge < -0.3 is 15.2 Å². The first-order valence-corrected chi connectivity index (χ1v) is 6.03. The molecule has 17 heavy (non-hydrogen) atoms. The second kappa shape index (κ2) is 7.30. The number of benzene rings is 1. The quantitative estimate of drug-likeness (QED) is 0.790. The van der Waals surface area contributed by atoms with E-state index in [0.29, 0.717) is 18.4 Å². The van der Waals surface area contributed by atoms with Gasteiger partial charge in [0.05, 0.1) is 7.11 Å². The van der Waals surface area contributed by atoms with Crippen molar-refractivity contribution in [2.45, 2.75) is 13.3 Å². The first-order valence-electron chi connectivity index (χ1n) is 6.03. The molecule has 96 valence electrons. The maximum absolute atomic E-state index is 5.84. The lowest BCUT2D eigenvalue weighted by molar-refractivity contribution is 0.131. The molecule has 0 aliphatic rings. The first kappa shape index (κ1) is 14.0. The lowest BCUT2D eigenvalue weighted by Crippen LogP contribution is -2.26. The first-order chi connectivity index (χ1) is 8.21. The van der Waals surface area contributed by atoms with Crippen molar-refractivity contribution in [3.63, 3.8) is 0 Å². The normalized spacial score (nSPS) is 14.4. The van der Waals surface area contributed by atoms with E-state index in [0.717, 1.165) is 18.8 Å². The van der Waals surface area contributed by atoms with E-state index >= 15 is 0 Å². The molecule has 0 radical (unpaired) electrons. The predicted octanol–water partition coefficient (Wildman–Crippen LogP) is 2.10. The molecule has 1 aromatic carbocycles. The minimum Gasteiger partial charge on any atom is -0.497 e. The number of nitrogens with two attached hydrogens (primary N) is 1. The molecule has 0 aromatic heterocycles. The largest absolute Gasteiger partial charge is 0.497 e.